The molecular formula is C12H23N3O. The van der Waals surface area contributed by atoms with Crippen LogP contribution in [0.1, 0.15) is 34.1 Å². The molecular weight excluding hydrogens is 202 g/mol. The predicted octanol–water partition coefficient (Wildman–Crippen LogP) is 1.38. The van der Waals surface area contributed by atoms with Gasteiger partial charge in [0.25, 0.3) is 0 Å². The molecule has 0 rings (SSSR count). The van der Waals surface area contributed by atoms with Gasteiger partial charge in [0, 0.05) is 13.1 Å². The van der Waals surface area contributed by atoms with Crippen molar-refractivity contribution in [3.63, 3.8) is 0 Å². The van der Waals surface area contributed by atoms with Crippen LogP contribution >= 0.6 is 0 Å². The summed E-state index contributed by atoms with van der Waals surface area (Å²) in [4.78, 5) is 13.8. The van der Waals surface area contributed by atoms with Crippen LogP contribution < -0.4 is 5.32 Å². The molecule has 1 N–H and O–H groups in total. The molecule has 0 aromatic carbocycles. The van der Waals surface area contributed by atoms with Gasteiger partial charge in [0.2, 0.25) is 5.91 Å². The van der Waals surface area contributed by atoms with Crippen molar-refractivity contribution in [3.05, 3.63) is 0 Å². The standard InChI is InChI=1S/C12H23N3O/c1-5-8-15(6-2)9-7-14-11(16)12(3,4)10-13/h5-9H2,1-4H3,(H,14,16). The van der Waals surface area contributed by atoms with Crippen molar-refractivity contribution in [1.82, 2.24) is 10.2 Å². The Labute approximate surface area is 98.6 Å². The highest BCUT2D eigenvalue weighted by molar-refractivity contribution is 5.84. The molecule has 1 amide bonds. The van der Waals surface area contributed by atoms with Crippen LogP contribution in [0.4, 0.5) is 0 Å². The van der Waals surface area contributed by atoms with E-state index in [1.165, 1.54) is 0 Å². The lowest BCUT2D eigenvalue weighted by Gasteiger charge is -2.21. The van der Waals surface area contributed by atoms with Crippen molar-refractivity contribution in [1.29, 1.82) is 5.26 Å². The van der Waals surface area contributed by atoms with Crippen LogP contribution in [-0.4, -0.2) is 37.0 Å². The smallest absolute Gasteiger partial charge is 0.239 e. The van der Waals surface area contributed by atoms with Crippen molar-refractivity contribution in [3.8, 4) is 6.07 Å². The van der Waals surface area contributed by atoms with E-state index in [-0.39, 0.29) is 5.91 Å². The van der Waals surface area contributed by atoms with Crippen LogP contribution in [0.25, 0.3) is 0 Å². The maximum absolute atomic E-state index is 11.6. The monoisotopic (exact) mass is 225 g/mol. The van der Waals surface area contributed by atoms with E-state index >= 15 is 0 Å². The molecule has 92 valence electrons. The number of rotatable bonds is 7. The third kappa shape index (κ3) is 5.13. The molecule has 0 spiro atoms. The zero-order chi connectivity index (χ0) is 12.6. The minimum atomic E-state index is -0.929. The van der Waals surface area contributed by atoms with Crippen molar-refractivity contribution >= 4 is 5.91 Å². The third-order valence-corrected chi connectivity index (χ3v) is 2.55. The van der Waals surface area contributed by atoms with E-state index in [2.05, 4.69) is 24.1 Å². The van der Waals surface area contributed by atoms with E-state index in [9.17, 15) is 4.79 Å². The summed E-state index contributed by atoms with van der Waals surface area (Å²) >= 11 is 0. The second-order valence-corrected chi connectivity index (χ2v) is 4.43. The Bertz CT molecular complexity index is 255. The summed E-state index contributed by atoms with van der Waals surface area (Å²) in [6.07, 6.45) is 1.12. The molecule has 0 radical (unpaired) electrons. The van der Waals surface area contributed by atoms with E-state index in [4.69, 9.17) is 5.26 Å². The summed E-state index contributed by atoms with van der Waals surface area (Å²) < 4.78 is 0. The zero-order valence-corrected chi connectivity index (χ0v) is 10.8. The third-order valence-electron chi connectivity index (χ3n) is 2.55. The van der Waals surface area contributed by atoms with Crippen molar-refractivity contribution in [2.45, 2.75) is 34.1 Å². The maximum atomic E-state index is 11.6. The van der Waals surface area contributed by atoms with Gasteiger partial charge < -0.3 is 10.2 Å². The highest BCUT2D eigenvalue weighted by Crippen LogP contribution is 2.12. The molecule has 0 atom stereocenters. The van der Waals surface area contributed by atoms with Gasteiger partial charge >= 0.3 is 0 Å². The summed E-state index contributed by atoms with van der Waals surface area (Å²) in [6, 6.07) is 1.99. The summed E-state index contributed by atoms with van der Waals surface area (Å²) in [5.41, 5.74) is -0.929. The second-order valence-electron chi connectivity index (χ2n) is 4.43. The highest BCUT2D eigenvalue weighted by Gasteiger charge is 2.26. The molecule has 0 aliphatic carbocycles. The molecule has 4 heteroatoms. The number of nitrogens with zero attached hydrogens (tertiary/aromatic N) is 2. The van der Waals surface area contributed by atoms with Crippen LogP contribution in [0.2, 0.25) is 0 Å². The number of hydrogen-bond acceptors (Lipinski definition) is 3. The quantitative estimate of drug-likeness (QED) is 0.712. The Morgan fingerprint density at radius 1 is 1.38 bits per heavy atom. The number of hydrogen-bond donors (Lipinski definition) is 1. The number of nitriles is 1. The van der Waals surface area contributed by atoms with Gasteiger partial charge in [-0.05, 0) is 33.4 Å². The lowest BCUT2D eigenvalue weighted by atomic mass is 9.95. The number of nitrogens with one attached hydrogen (secondary N) is 1. The second kappa shape index (κ2) is 7.24. The first-order chi connectivity index (χ1) is 7.47. The molecule has 0 saturated carbocycles. The topological polar surface area (TPSA) is 56.1 Å². The van der Waals surface area contributed by atoms with Gasteiger partial charge in [-0.1, -0.05) is 13.8 Å². The van der Waals surface area contributed by atoms with E-state index in [1.54, 1.807) is 13.8 Å². The van der Waals surface area contributed by atoms with Gasteiger partial charge in [0.1, 0.15) is 5.41 Å². The summed E-state index contributed by atoms with van der Waals surface area (Å²) in [6.45, 7) is 11.0. The van der Waals surface area contributed by atoms with Crippen molar-refractivity contribution < 1.29 is 4.79 Å². The molecule has 0 aliphatic heterocycles. The molecule has 4 nitrogen and oxygen atoms in total. The Hall–Kier alpha value is -1.08. The van der Waals surface area contributed by atoms with Gasteiger partial charge in [0.05, 0.1) is 6.07 Å². The summed E-state index contributed by atoms with van der Waals surface area (Å²) in [5.74, 6) is -0.192. The van der Waals surface area contributed by atoms with Crippen LogP contribution in [0.5, 0.6) is 0 Å². The first-order valence-electron chi connectivity index (χ1n) is 5.89. The largest absolute Gasteiger partial charge is 0.353 e. The molecule has 0 aliphatic rings. The first kappa shape index (κ1) is 14.9. The van der Waals surface area contributed by atoms with Gasteiger partial charge in [0.15, 0.2) is 0 Å². The minimum absolute atomic E-state index is 0.192. The molecule has 0 aromatic rings. The number of carbonyl (C=O) groups excluding carboxylic acids is 1. The fraction of sp³-hybridized carbons (Fsp3) is 0.833. The number of amides is 1. The Morgan fingerprint density at radius 3 is 2.44 bits per heavy atom. The van der Waals surface area contributed by atoms with E-state index < -0.39 is 5.41 Å². The summed E-state index contributed by atoms with van der Waals surface area (Å²) in [7, 11) is 0. The predicted molar refractivity (Wildman–Crippen MR) is 64.8 cm³/mol. The molecule has 0 heterocycles. The lowest BCUT2D eigenvalue weighted by Crippen LogP contribution is -2.40. The van der Waals surface area contributed by atoms with Crippen LogP contribution in [0.15, 0.2) is 0 Å². The Balaban J connectivity index is 3.90. The van der Waals surface area contributed by atoms with Crippen molar-refractivity contribution in [2.75, 3.05) is 26.2 Å². The van der Waals surface area contributed by atoms with E-state index in [0.717, 1.165) is 26.1 Å². The Morgan fingerprint density at radius 2 is 2.00 bits per heavy atom. The SMILES string of the molecule is CCCN(CC)CCNC(=O)C(C)(C)C#N. The van der Waals surface area contributed by atoms with Gasteiger partial charge in [-0.2, -0.15) is 5.26 Å². The molecule has 0 aromatic heterocycles. The molecule has 16 heavy (non-hydrogen) atoms. The van der Waals surface area contributed by atoms with E-state index in [1.807, 2.05) is 6.07 Å². The normalized spacial score (nSPS) is 11.2. The first-order valence-corrected chi connectivity index (χ1v) is 5.89. The zero-order valence-electron chi connectivity index (χ0n) is 10.8. The molecule has 0 fully saturated rings. The average molecular weight is 225 g/mol. The molecule has 0 unspecified atom stereocenters. The average Bonchev–Trinajstić information content (AvgIpc) is 2.27. The molecule has 0 bridgehead atoms. The fourth-order valence-electron chi connectivity index (χ4n) is 1.34. The highest BCUT2D eigenvalue weighted by atomic mass is 16.2. The maximum Gasteiger partial charge on any atom is 0.239 e. The van der Waals surface area contributed by atoms with Gasteiger partial charge in [-0.25, -0.2) is 0 Å². The van der Waals surface area contributed by atoms with Crippen LogP contribution in [0.3, 0.4) is 0 Å². The fourth-order valence-corrected chi connectivity index (χ4v) is 1.34. The van der Waals surface area contributed by atoms with E-state index in [0.29, 0.717) is 6.54 Å². The Kier molecular flexibility index (Phi) is 6.75. The minimum Gasteiger partial charge on any atom is -0.353 e. The number of likely N-dealkylation sites (N-methyl/N-ethyl adjacent to an activating group) is 1. The van der Waals surface area contributed by atoms with Crippen molar-refractivity contribution in [2.24, 2.45) is 5.41 Å². The van der Waals surface area contributed by atoms with Gasteiger partial charge in [-0.15, -0.1) is 0 Å². The van der Waals surface area contributed by atoms with Crippen LogP contribution in [-0.2, 0) is 4.79 Å². The lowest BCUT2D eigenvalue weighted by molar-refractivity contribution is -0.126. The molecule has 0 saturated heterocycles. The summed E-state index contributed by atoms with van der Waals surface area (Å²) in [5, 5.41) is 11.6. The van der Waals surface area contributed by atoms with Crippen LogP contribution in [0, 0.1) is 16.7 Å². The number of carbonyl (C=O) groups is 1. The van der Waals surface area contributed by atoms with Gasteiger partial charge in [-0.3, -0.25) is 4.79 Å².